The third-order valence-electron chi connectivity index (χ3n) is 5.05. The van der Waals surface area contributed by atoms with Crippen LogP contribution in [0, 0.1) is 11.3 Å². The first-order valence-corrected chi connectivity index (χ1v) is 10.2. The molecule has 4 heteroatoms. The molecular formula is C25H25ClN2O. The number of nitrogens with zero attached hydrogens (tertiary/aromatic N) is 1. The van der Waals surface area contributed by atoms with Gasteiger partial charge in [0.05, 0.1) is 24.3 Å². The minimum Gasteiger partial charge on any atom is -0.394 e. The molecule has 148 valence electrons. The largest absolute Gasteiger partial charge is 0.394 e. The summed E-state index contributed by atoms with van der Waals surface area (Å²) < 4.78 is 0. The molecule has 0 aliphatic heterocycles. The number of hydrogen-bond donors (Lipinski definition) is 2. The van der Waals surface area contributed by atoms with E-state index in [1.165, 1.54) is 5.56 Å². The smallest absolute Gasteiger partial charge is 0.0991 e. The van der Waals surface area contributed by atoms with Gasteiger partial charge in [-0.3, -0.25) is 0 Å². The lowest BCUT2D eigenvalue weighted by Gasteiger charge is -2.25. The molecule has 0 spiro atoms. The lowest BCUT2D eigenvalue weighted by atomic mass is 9.96. The second-order valence-corrected chi connectivity index (χ2v) is 7.63. The Hall–Kier alpha value is -2.64. The van der Waals surface area contributed by atoms with Crippen LogP contribution in [0.1, 0.15) is 34.7 Å². The van der Waals surface area contributed by atoms with Gasteiger partial charge in [0, 0.05) is 11.1 Å². The second kappa shape index (κ2) is 10.8. The van der Waals surface area contributed by atoms with Crippen molar-refractivity contribution in [3.05, 3.63) is 106 Å². The van der Waals surface area contributed by atoms with E-state index in [2.05, 4.69) is 23.5 Å². The van der Waals surface area contributed by atoms with Gasteiger partial charge in [-0.05, 0) is 60.2 Å². The molecular weight excluding hydrogens is 380 g/mol. The van der Waals surface area contributed by atoms with Gasteiger partial charge in [0.2, 0.25) is 0 Å². The van der Waals surface area contributed by atoms with E-state index < -0.39 is 0 Å². The highest BCUT2D eigenvalue weighted by molar-refractivity contribution is 6.30. The number of aliphatic hydroxyl groups is 1. The van der Waals surface area contributed by atoms with Crippen LogP contribution in [-0.4, -0.2) is 17.8 Å². The Balaban J connectivity index is 1.75. The summed E-state index contributed by atoms with van der Waals surface area (Å²) in [6.45, 7) is 0.0275. The fourth-order valence-electron chi connectivity index (χ4n) is 3.51. The Morgan fingerprint density at radius 3 is 2.38 bits per heavy atom. The molecule has 0 fully saturated rings. The molecule has 0 aliphatic carbocycles. The van der Waals surface area contributed by atoms with Crippen molar-refractivity contribution in [2.45, 2.75) is 31.3 Å². The normalized spacial score (nSPS) is 12.9. The van der Waals surface area contributed by atoms with Crippen molar-refractivity contribution in [2.75, 3.05) is 6.61 Å². The first-order chi connectivity index (χ1) is 14.2. The van der Waals surface area contributed by atoms with Gasteiger partial charge >= 0.3 is 0 Å². The van der Waals surface area contributed by atoms with Crippen molar-refractivity contribution in [1.82, 2.24) is 5.32 Å². The Bertz CT molecular complexity index is 935. The molecule has 0 saturated heterocycles. The third-order valence-corrected chi connectivity index (χ3v) is 5.31. The fourth-order valence-corrected chi connectivity index (χ4v) is 3.64. The molecule has 0 heterocycles. The summed E-state index contributed by atoms with van der Waals surface area (Å²) in [5.74, 6) is 0. The lowest BCUT2D eigenvalue weighted by molar-refractivity contribution is 0.230. The van der Waals surface area contributed by atoms with Crippen LogP contribution in [0.2, 0.25) is 5.02 Å². The zero-order chi connectivity index (χ0) is 20.5. The van der Waals surface area contributed by atoms with E-state index in [-0.39, 0.29) is 18.7 Å². The van der Waals surface area contributed by atoms with E-state index in [0.717, 1.165) is 35.4 Å². The zero-order valence-corrected chi connectivity index (χ0v) is 17.0. The van der Waals surface area contributed by atoms with Gasteiger partial charge < -0.3 is 10.4 Å². The molecule has 0 aromatic heterocycles. The van der Waals surface area contributed by atoms with E-state index in [1.54, 1.807) is 0 Å². The molecule has 0 saturated carbocycles. The summed E-state index contributed by atoms with van der Waals surface area (Å²) in [7, 11) is 0. The number of benzene rings is 3. The Morgan fingerprint density at radius 2 is 1.69 bits per heavy atom. The summed E-state index contributed by atoms with van der Waals surface area (Å²) in [5, 5.41) is 23.5. The number of hydrogen-bond acceptors (Lipinski definition) is 3. The van der Waals surface area contributed by atoms with Crippen LogP contribution in [0.25, 0.3) is 0 Å². The first-order valence-electron chi connectivity index (χ1n) is 9.83. The maximum Gasteiger partial charge on any atom is 0.0991 e. The quantitative estimate of drug-likeness (QED) is 0.523. The highest BCUT2D eigenvalue weighted by atomic mass is 35.5. The SMILES string of the molecule is N#Cc1cccc(C[C@H](CCc2ccc(Cl)cc2)NC(CO)c2ccccc2)c1. The number of aryl methyl sites for hydroxylation is 1. The van der Waals surface area contributed by atoms with Crippen molar-refractivity contribution >= 4 is 11.6 Å². The number of halogens is 1. The highest BCUT2D eigenvalue weighted by Gasteiger charge is 2.17. The Kier molecular flexibility index (Phi) is 7.84. The Morgan fingerprint density at radius 1 is 0.931 bits per heavy atom. The first kappa shape index (κ1) is 21.1. The summed E-state index contributed by atoms with van der Waals surface area (Å²) in [5.41, 5.74) is 4.08. The van der Waals surface area contributed by atoms with E-state index in [4.69, 9.17) is 11.6 Å². The van der Waals surface area contributed by atoms with Gasteiger partial charge in [-0.2, -0.15) is 5.26 Å². The topological polar surface area (TPSA) is 56.0 Å². The van der Waals surface area contributed by atoms with Gasteiger partial charge in [-0.25, -0.2) is 0 Å². The molecule has 29 heavy (non-hydrogen) atoms. The molecule has 2 atom stereocenters. The lowest BCUT2D eigenvalue weighted by Crippen LogP contribution is -2.36. The van der Waals surface area contributed by atoms with Gasteiger partial charge in [-0.1, -0.05) is 66.2 Å². The van der Waals surface area contributed by atoms with Crippen LogP contribution in [-0.2, 0) is 12.8 Å². The molecule has 0 amide bonds. The van der Waals surface area contributed by atoms with Crippen LogP contribution >= 0.6 is 11.6 Å². The van der Waals surface area contributed by atoms with E-state index >= 15 is 0 Å². The summed E-state index contributed by atoms with van der Waals surface area (Å²) >= 11 is 6.00. The molecule has 3 rings (SSSR count). The molecule has 3 aromatic rings. The van der Waals surface area contributed by atoms with Crippen molar-refractivity contribution in [3.63, 3.8) is 0 Å². The average molecular weight is 405 g/mol. The minimum atomic E-state index is -0.134. The molecule has 1 unspecified atom stereocenters. The van der Waals surface area contributed by atoms with Crippen LogP contribution in [0.3, 0.4) is 0 Å². The third kappa shape index (κ3) is 6.44. The fraction of sp³-hybridized carbons (Fsp3) is 0.240. The molecule has 2 N–H and O–H groups in total. The predicted molar refractivity (Wildman–Crippen MR) is 118 cm³/mol. The molecule has 3 nitrogen and oxygen atoms in total. The highest BCUT2D eigenvalue weighted by Crippen LogP contribution is 2.18. The summed E-state index contributed by atoms with van der Waals surface area (Å²) in [6.07, 6.45) is 2.59. The molecule has 0 aliphatic rings. The molecule has 3 aromatic carbocycles. The zero-order valence-electron chi connectivity index (χ0n) is 16.3. The van der Waals surface area contributed by atoms with Gasteiger partial charge in [0.15, 0.2) is 0 Å². The summed E-state index contributed by atoms with van der Waals surface area (Å²) in [4.78, 5) is 0. The molecule has 0 radical (unpaired) electrons. The van der Waals surface area contributed by atoms with Crippen LogP contribution in [0.15, 0.2) is 78.9 Å². The number of nitriles is 1. The van der Waals surface area contributed by atoms with Crippen LogP contribution in [0.5, 0.6) is 0 Å². The summed E-state index contributed by atoms with van der Waals surface area (Å²) in [6, 6.07) is 27.9. The molecule has 0 bridgehead atoms. The maximum absolute atomic E-state index is 9.97. The van der Waals surface area contributed by atoms with E-state index in [0.29, 0.717) is 5.56 Å². The number of aliphatic hydroxyl groups excluding tert-OH is 1. The number of nitrogens with one attached hydrogen (secondary N) is 1. The number of rotatable bonds is 9. The Labute approximate surface area is 177 Å². The van der Waals surface area contributed by atoms with E-state index in [9.17, 15) is 10.4 Å². The average Bonchev–Trinajstić information content (AvgIpc) is 2.77. The van der Waals surface area contributed by atoms with Crippen molar-refractivity contribution in [3.8, 4) is 6.07 Å². The van der Waals surface area contributed by atoms with Crippen molar-refractivity contribution < 1.29 is 5.11 Å². The second-order valence-electron chi connectivity index (χ2n) is 7.19. The van der Waals surface area contributed by atoms with Crippen LogP contribution in [0.4, 0.5) is 0 Å². The van der Waals surface area contributed by atoms with Crippen molar-refractivity contribution in [1.29, 1.82) is 5.26 Å². The monoisotopic (exact) mass is 404 g/mol. The van der Waals surface area contributed by atoms with E-state index in [1.807, 2.05) is 66.7 Å². The van der Waals surface area contributed by atoms with Gasteiger partial charge in [-0.15, -0.1) is 0 Å². The maximum atomic E-state index is 9.97. The minimum absolute atomic E-state index is 0.0275. The predicted octanol–water partition coefficient (Wildman–Crippen LogP) is 5.08. The standard InChI is InChI=1S/C25H25ClN2O/c26-23-12-9-19(10-13-23)11-14-24(16-20-5-4-6-21(15-20)17-27)28-25(18-29)22-7-2-1-3-8-22/h1-10,12-13,15,24-25,28-29H,11,14,16,18H2/t24-,25?/m0/s1. The van der Waals surface area contributed by atoms with Gasteiger partial charge in [0.1, 0.15) is 0 Å². The van der Waals surface area contributed by atoms with Crippen LogP contribution < -0.4 is 5.32 Å². The van der Waals surface area contributed by atoms with Gasteiger partial charge in [0.25, 0.3) is 0 Å². The van der Waals surface area contributed by atoms with Crippen molar-refractivity contribution in [2.24, 2.45) is 0 Å².